The van der Waals surface area contributed by atoms with E-state index in [2.05, 4.69) is 15.6 Å². The second-order valence-corrected chi connectivity index (χ2v) is 5.25. The minimum atomic E-state index is -0.506. The predicted octanol–water partition coefficient (Wildman–Crippen LogP) is 3.37. The summed E-state index contributed by atoms with van der Waals surface area (Å²) in [6.45, 7) is 2.77. The van der Waals surface area contributed by atoms with E-state index in [0.717, 1.165) is 18.2 Å². The van der Waals surface area contributed by atoms with Crippen molar-refractivity contribution in [2.45, 2.75) is 20.0 Å². The van der Waals surface area contributed by atoms with E-state index in [-0.39, 0.29) is 24.4 Å². The highest BCUT2D eigenvalue weighted by atomic mass is 19.1. The monoisotopic (exact) mass is 351 g/mol. The second kappa shape index (κ2) is 8.96. The van der Waals surface area contributed by atoms with Crippen molar-refractivity contribution in [3.05, 3.63) is 65.0 Å². The van der Waals surface area contributed by atoms with Crippen molar-refractivity contribution < 1.29 is 17.9 Å². The molecule has 0 saturated heterocycles. The Morgan fingerprint density at radius 1 is 1.04 bits per heavy atom. The predicted molar refractivity (Wildman–Crippen MR) is 91.0 cm³/mol. The second-order valence-electron chi connectivity index (χ2n) is 5.25. The highest BCUT2D eigenvalue weighted by Crippen LogP contribution is 2.18. The van der Waals surface area contributed by atoms with E-state index in [1.165, 1.54) is 19.2 Å². The van der Waals surface area contributed by atoms with Gasteiger partial charge in [0.2, 0.25) is 0 Å². The first-order valence-corrected chi connectivity index (χ1v) is 7.82. The van der Waals surface area contributed by atoms with E-state index >= 15 is 0 Å². The van der Waals surface area contributed by atoms with Crippen LogP contribution in [0.5, 0.6) is 5.75 Å². The molecule has 134 valence electrons. The molecule has 0 aliphatic rings. The topological polar surface area (TPSA) is 45.7 Å². The van der Waals surface area contributed by atoms with E-state index in [4.69, 9.17) is 4.74 Å². The van der Waals surface area contributed by atoms with E-state index in [0.29, 0.717) is 18.1 Å². The summed E-state index contributed by atoms with van der Waals surface area (Å²) >= 11 is 0. The van der Waals surface area contributed by atoms with Gasteiger partial charge in [-0.25, -0.2) is 18.2 Å². The van der Waals surface area contributed by atoms with Crippen LogP contribution < -0.4 is 15.4 Å². The number of hydrogen-bond acceptors (Lipinski definition) is 2. The average molecular weight is 351 g/mol. The third-order valence-corrected chi connectivity index (χ3v) is 3.43. The highest BCUT2D eigenvalue weighted by molar-refractivity contribution is 5.79. The van der Waals surface area contributed by atoms with Crippen LogP contribution in [0.2, 0.25) is 0 Å². The summed E-state index contributed by atoms with van der Waals surface area (Å²) < 4.78 is 45.4. The Balaban J connectivity index is 2.05. The molecule has 0 heterocycles. The number of rotatable bonds is 6. The van der Waals surface area contributed by atoms with Crippen molar-refractivity contribution in [1.29, 1.82) is 0 Å². The molecule has 0 saturated carbocycles. The number of halogens is 3. The lowest BCUT2D eigenvalue weighted by molar-refractivity contribution is 0.386. The maximum absolute atomic E-state index is 13.7. The zero-order valence-corrected chi connectivity index (χ0v) is 14.1. The van der Waals surface area contributed by atoms with Gasteiger partial charge in [-0.05, 0) is 42.8 Å². The normalized spacial score (nSPS) is 11.3. The van der Waals surface area contributed by atoms with Crippen LogP contribution in [0.4, 0.5) is 13.2 Å². The van der Waals surface area contributed by atoms with Crippen LogP contribution in [0.1, 0.15) is 18.1 Å². The molecule has 2 aromatic rings. The maximum Gasteiger partial charge on any atom is 0.191 e. The summed E-state index contributed by atoms with van der Waals surface area (Å²) in [5, 5.41) is 5.92. The summed E-state index contributed by atoms with van der Waals surface area (Å²) in [4.78, 5) is 4.32. The quantitative estimate of drug-likeness (QED) is 0.620. The molecule has 2 aromatic carbocycles. The smallest absolute Gasteiger partial charge is 0.191 e. The molecule has 7 heteroatoms. The van der Waals surface area contributed by atoms with Crippen LogP contribution in [0.15, 0.2) is 41.4 Å². The molecule has 4 nitrogen and oxygen atoms in total. The SMILES string of the molecule is CCNC(=NCc1ccc(OC)c(F)c1)NCc1cc(F)ccc1F. The van der Waals surface area contributed by atoms with Gasteiger partial charge in [-0.1, -0.05) is 6.07 Å². The number of ether oxygens (including phenoxy) is 1. The van der Waals surface area contributed by atoms with Gasteiger partial charge in [0.25, 0.3) is 0 Å². The van der Waals surface area contributed by atoms with Crippen LogP contribution in [0.25, 0.3) is 0 Å². The molecule has 0 fully saturated rings. The molecule has 0 aromatic heterocycles. The molecule has 0 unspecified atom stereocenters. The minimum absolute atomic E-state index is 0.0758. The molecule has 0 radical (unpaired) electrons. The number of benzene rings is 2. The number of aliphatic imine (C=N–C) groups is 1. The van der Waals surface area contributed by atoms with Gasteiger partial charge >= 0.3 is 0 Å². The Morgan fingerprint density at radius 3 is 2.52 bits per heavy atom. The van der Waals surface area contributed by atoms with Crippen molar-refractivity contribution >= 4 is 5.96 Å². The average Bonchev–Trinajstić information content (AvgIpc) is 2.60. The molecular weight excluding hydrogens is 331 g/mol. The van der Waals surface area contributed by atoms with Crippen LogP contribution in [-0.4, -0.2) is 19.6 Å². The number of methoxy groups -OCH3 is 1. The minimum Gasteiger partial charge on any atom is -0.494 e. The Labute approximate surface area is 144 Å². The van der Waals surface area contributed by atoms with Gasteiger partial charge in [0, 0.05) is 18.7 Å². The van der Waals surface area contributed by atoms with Crippen molar-refractivity contribution in [2.75, 3.05) is 13.7 Å². The molecule has 25 heavy (non-hydrogen) atoms. The summed E-state index contributed by atoms with van der Waals surface area (Å²) in [6.07, 6.45) is 0. The fourth-order valence-corrected chi connectivity index (χ4v) is 2.18. The Bertz CT molecular complexity index is 750. The molecule has 0 spiro atoms. The lowest BCUT2D eigenvalue weighted by atomic mass is 10.2. The number of guanidine groups is 1. The molecule has 0 aliphatic heterocycles. The zero-order chi connectivity index (χ0) is 18.2. The van der Waals surface area contributed by atoms with Crippen LogP contribution in [0, 0.1) is 17.5 Å². The maximum atomic E-state index is 13.7. The van der Waals surface area contributed by atoms with Gasteiger partial charge < -0.3 is 15.4 Å². The Kier molecular flexibility index (Phi) is 6.68. The number of nitrogens with zero attached hydrogens (tertiary/aromatic N) is 1. The third-order valence-electron chi connectivity index (χ3n) is 3.43. The number of hydrogen-bond donors (Lipinski definition) is 2. The van der Waals surface area contributed by atoms with Gasteiger partial charge in [0.05, 0.1) is 13.7 Å². The molecule has 2 N–H and O–H groups in total. The first-order chi connectivity index (χ1) is 12.0. The highest BCUT2D eigenvalue weighted by Gasteiger charge is 2.06. The lowest BCUT2D eigenvalue weighted by Crippen LogP contribution is -2.37. The third kappa shape index (κ3) is 5.41. The molecule has 2 rings (SSSR count). The summed E-state index contributed by atoms with van der Waals surface area (Å²) in [5.41, 5.74) is 0.855. The van der Waals surface area contributed by atoms with Gasteiger partial charge in [-0.15, -0.1) is 0 Å². The van der Waals surface area contributed by atoms with Crippen molar-refractivity contribution in [3.8, 4) is 5.75 Å². The summed E-state index contributed by atoms with van der Waals surface area (Å²) in [7, 11) is 1.40. The molecular formula is C18H20F3N3O. The van der Waals surface area contributed by atoms with Crippen molar-refractivity contribution in [2.24, 2.45) is 4.99 Å². The Hall–Kier alpha value is -2.70. The first kappa shape index (κ1) is 18.6. The van der Waals surface area contributed by atoms with Crippen molar-refractivity contribution in [3.63, 3.8) is 0 Å². The van der Waals surface area contributed by atoms with Crippen LogP contribution >= 0.6 is 0 Å². The zero-order valence-electron chi connectivity index (χ0n) is 14.1. The van der Waals surface area contributed by atoms with Gasteiger partial charge in [0.1, 0.15) is 11.6 Å². The summed E-state index contributed by atoms with van der Waals surface area (Å²) in [6, 6.07) is 7.86. The lowest BCUT2D eigenvalue weighted by Gasteiger charge is -2.12. The van der Waals surface area contributed by atoms with E-state index in [1.807, 2.05) is 6.92 Å². The molecule has 0 amide bonds. The first-order valence-electron chi connectivity index (χ1n) is 7.82. The van der Waals surface area contributed by atoms with E-state index in [1.54, 1.807) is 6.07 Å². The van der Waals surface area contributed by atoms with Gasteiger partial charge in [0.15, 0.2) is 17.5 Å². The largest absolute Gasteiger partial charge is 0.494 e. The molecule has 0 bridgehead atoms. The summed E-state index contributed by atoms with van der Waals surface area (Å²) in [5.74, 6) is -0.882. The number of nitrogens with one attached hydrogen (secondary N) is 2. The van der Waals surface area contributed by atoms with E-state index < -0.39 is 17.5 Å². The van der Waals surface area contributed by atoms with Crippen molar-refractivity contribution in [1.82, 2.24) is 10.6 Å². The van der Waals surface area contributed by atoms with Gasteiger partial charge in [-0.3, -0.25) is 0 Å². The van der Waals surface area contributed by atoms with E-state index in [9.17, 15) is 13.2 Å². The van der Waals surface area contributed by atoms with Crippen LogP contribution in [-0.2, 0) is 13.1 Å². The Morgan fingerprint density at radius 2 is 1.84 bits per heavy atom. The molecule has 0 atom stereocenters. The van der Waals surface area contributed by atoms with Crippen LogP contribution in [0.3, 0.4) is 0 Å². The fourth-order valence-electron chi connectivity index (χ4n) is 2.18. The fraction of sp³-hybridized carbons (Fsp3) is 0.278. The standard InChI is InChI=1S/C18H20F3N3O/c1-3-22-18(24-11-13-9-14(19)5-6-15(13)20)23-10-12-4-7-17(25-2)16(21)8-12/h4-9H,3,10-11H2,1-2H3,(H2,22,23,24). The molecule has 0 aliphatic carbocycles. The van der Waals surface area contributed by atoms with Gasteiger partial charge in [-0.2, -0.15) is 0 Å².